The van der Waals surface area contributed by atoms with E-state index in [4.69, 9.17) is 0 Å². The molecule has 0 N–H and O–H groups in total. The van der Waals surface area contributed by atoms with E-state index < -0.39 is 24.1 Å². The van der Waals surface area contributed by atoms with Gasteiger partial charge in [-0.15, -0.1) is 0 Å². The second kappa shape index (κ2) is 27.0. The maximum Gasteiger partial charge on any atom is 3.00 e. The molecule has 3 atom stereocenters. The molecule has 0 fully saturated rings. The molecule has 3 unspecified atom stereocenters. The molecule has 0 bridgehead atoms. The molecule has 0 rings (SSSR count). The third kappa shape index (κ3) is 49.7. The van der Waals surface area contributed by atoms with Crippen LogP contribution in [-0.2, 0) is 30.8 Å². The topological polar surface area (TPSA) is 120 Å². The van der Waals surface area contributed by atoms with Gasteiger partial charge in [0.05, 0.1) is 0 Å². The minimum Gasteiger partial charge on any atom is -0.802 e. The zero-order valence-corrected chi connectivity index (χ0v) is 17.8. The zero-order chi connectivity index (χ0) is 17.1. The molecule has 0 saturated heterocycles. The SMILES string of the molecule is CCCC[PH](=O)[O-].CCCC[PH](=O)[O-].CCCC[PH](=O)[O-].[Fe+3]. The summed E-state index contributed by atoms with van der Waals surface area (Å²) in [5, 5.41) is 0. The Hall–Kier alpha value is 1.09. The van der Waals surface area contributed by atoms with Gasteiger partial charge in [0.25, 0.3) is 0 Å². The Morgan fingerprint density at radius 2 is 0.773 bits per heavy atom. The fourth-order valence-electron chi connectivity index (χ4n) is 0.963. The van der Waals surface area contributed by atoms with Crippen molar-refractivity contribution in [3.63, 3.8) is 0 Å². The molecule has 22 heavy (non-hydrogen) atoms. The van der Waals surface area contributed by atoms with Crippen LogP contribution >= 0.6 is 24.1 Å². The number of unbranched alkanes of at least 4 members (excludes halogenated alkanes) is 3. The normalized spacial score (nSPS) is 13.4. The average molecular weight is 419 g/mol. The Bertz CT molecular complexity index is 237. The van der Waals surface area contributed by atoms with Gasteiger partial charge in [0.1, 0.15) is 0 Å². The van der Waals surface area contributed by atoms with E-state index in [2.05, 4.69) is 0 Å². The predicted octanol–water partition coefficient (Wildman–Crippen LogP) is 1.86. The fraction of sp³-hybridized carbons (Fsp3) is 1.00. The van der Waals surface area contributed by atoms with Crippen molar-refractivity contribution >= 4 is 24.1 Å². The van der Waals surface area contributed by atoms with Gasteiger partial charge in [-0.05, 0) is 37.7 Å². The second-order valence-corrected chi connectivity index (χ2v) is 8.16. The van der Waals surface area contributed by atoms with Crippen molar-refractivity contribution in [1.29, 1.82) is 0 Å². The molecule has 0 aromatic rings. The predicted molar refractivity (Wildman–Crippen MR) is 86.3 cm³/mol. The van der Waals surface area contributed by atoms with E-state index in [0.29, 0.717) is 18.5 Å². The van der Waals surface area contributed by atoms with Crippen LogP contribution in [0, 0.1) is 0 Å². The van der Waals surface area contributed by atoms with Crippen LogP contribution in [0.4, 0.5) is 0 Å². The Morgan fingerprint density at radius 3 is 0.818 bits per heavy atom. The fourth-order valence-corrected chi connectivity index (χ4v) is 2.89. The van der Waals surface area contributed by atoms with Crippen LogP contribution < -0.4 is 14.7 Å². The Kier molecular flexibility index (Phi) is 37.9. The van der Waals surface area contributed by atoms with Crippen LogP contribution in [0.2, 0.25) is 0 Å². The monoisotopic (exact) mass is 419 g/mol. The standard InChI is InChI=1S/3C4H11O2P.Fe/c3*1-2-3-4-7(5)6;/h3*7H,2-4H2,1H3,(H,5,6);/q;;;+3/p-3. The molecule has 0 saturated carbocycles. The van der Waals surface area contributed by atoms with Gasteiger partial charge in [-0.2, -0.15) is 0 Å². The molecule has 0 aromatic heterocycles. The molecule has 1 radical (unpaired) electrons. The third-order valence-corrected chi connectivity index (χ3v) is 4.49. The summed E-state index contributed by atoms with van der Waals surface area (Å²) in [6.45, 7) is 5.93. The van der Waals surface area contributed by atoms with E-state index in [1.807, 2.05) is 20.8 Å². The minimum absolute atomic E-state index is 0. The number of hydrogen-bond acceptors (Lipinski definition) is 6. The maximum absolute atomic E-state index is 9.83. The molecule has 0 heterocycles. The van der Waals surface area contributed by atoms with Crippen LogP contribution in [0.15, 0.2) is 0 Å². The second-order valence-electron chi connectivity index (χ2n) is 4.43. The van der Waals surface area contributed by atoms with Crippen molar-refractivity contribution < 1.29 is 45.4 Å². The van der Waals surface area contributed by atoms with Gasteiger partial charge in [-0.3, -0.25) is 0 Å². The van der Waals surface area contributed by atoms with E-state index in [1.165, 1.54) is 0 Å². The molecule has 0 aliphatic rings. The van der Waals surface area contributed by atoms with Crippen molar-refractivity contribution in [2.75, 3.05) is 18.5 Å². The summed E-state index contributed by atoms with van der Waals surface area (Å²) in [6.07, 6.45) is 6.54. The van der Waals surface area contributed by atoms with Gasteiger partial charge < -0.3 is 28.4 Å². The van der Waals surface area contributed by atoms with Crippen LogP contribution in [0.3, 0.4) is 0 Å². The Balaban J connectivity index is -0.000000108. The summed E-state index contributed by atoms with van der Waals surface area (Å²) in [7, 11) is -7.19. The molecule has 0 spiro atoms. The van der Waals surface area contributed by atoms with Crippen molar-refractivity contribution in [2.45, 2.75) is 59.3 Å². The molecule has 0 aliphatic carbocycles. The number of rotatable bonds is 9. The van der Waals surface area contributed by atoms with Crippen molar-refractivity contribution in [3.8, 4) is 0 Å². The van der Waals surface area contributed by atoms with Gasteiger partial charge in [-0.25, -0.2) is 0 Å². The van der Waals surface area contributed by atoms with Crippen molar-refractivity contribution in [2.24, 2.45) is 0 Å². The molecule has 10 heteroatoms. The first-order chi connectivity index (χ1) is 9.81. The summed E-state index contributed by atoms with van der Waals surface area (Å²) in [6, 6.07) is 0. The van der Waals surface area contributed by atoms with Crippen LogP contribution in [0.25, 0.3) is 0 Å². The summed E-state index contributed by atoms with van der Waals surface area (Å²) in [5.41, 5.74) is 0. The molecule has 0 amide bonds. The van der Waals surface area contributed by atoms with Crippen molar-refractivity contribution in [1.82, 2.24) is 0 Å². The quantitative estimate of drug-likeness (QED) is 0.416. The van der Waals surface area contributed by atoms with Gasteiger partial charge in [0.2, 0.25) is 0 Å². The first kappa shape index (κ1) is 30.9. The summed E-state index contributed by atoms with van der Waals surface area (Å²) >= 11 is 0. The Labute approximate surface area is 147 Å². The van der Waals surface area contributed by atoms with E-state index in [0.717, 1.165) is 38.5 Å². The van der Waals surface area contributed by atoms with E-state index in [-0.39, 0.29) is 17.1 Å². The first-order valence-corrected chi connectivity index (χ1v) is 12.0. The molecule has 6 nitrogen and oxygen atoms in total. The van der Waals surface area contributed by atoms with E-state index in [1.54, 1.807) is 0 Å². The average Bonchev–Trinajstić information content (AvgIpc) is 2.41. The van der Waals surface area contributed by atoms with E-state index >= 15 is 0 Å². The summed E-state index contributed by atoms with van der Waals surface area (Å²) < 4.78 is 29.5. The summed E-state index contributed by atoms with van der Waals surface area (Å²) in [5.74, 6) is 0. The zero-order valence-electron chi connectivity index (χ0n) is 13.7. The molecule has 0 aliphatic heterocycles. The molecular weight excluding hydrogens is 389 g/mol. The minimum atomic E-state index is -2.40. The van der Waals surface area contributed by atoms with E-state index in [9.17, 15) is 28.4 Å². The molecular formula is C12H30FeO6P3. The van der Waals surface area contributed by atoms with Gasteiger partial charge in [0.15, 0.2) is 0 Å². The van der Waals surface area contributed by atoms with Crippen LogP contribution in [-0.4, -0.2) is 18.5 Å². The van der Waals surface area contributed by atoms with Gasteiger partial charge in [0, 0.05) is 24.1 Å². The largest absolute Gasteiger partial charge is 3.00 e. The van der Waals surface area contributed by atoms with Crippen LogP contribution in [0.5, 0.6) is 0 Å². The summed E-state index contributed by atoms with van der Waals surface area (Å²) in [4.78, 5) is 29.5. The maximum atomic E-state index is 9.83. The van der Waals surface area contributed by atoms with Crippen molar-refractivity contribution in [3.05, 3.63) is 0 Å². The number of hydrogen-bond donors (Lipinski definition) is 0. The molecule has 137 valence electrons. The third-order valence-electron chi connectivity index (χ3n) is 2.20. The van der Waals surface area contributed by atoms with Gasteiger partial charge >= 0.3 is 17.1 Å². The first-order valence-electron chi connectivity index (χ1n) is 7.41. The Morgan fingerprint density at radius 1 is 0.591 bits per heavy atom. The smallest absolute Gasteiger partial charge is 0.802 e. The van der Waals surface area contributed by atoms with Gasteiger partial charge in [-0.1, -0.05) is 40.0 Å². The molecule has 0 aromatic carbocycles. The van der Waals surface area contributed by atoms with Crippen LogP contribution in [0.1, 0.15) is 59.3 Å².